The van der Waals surface area contributed by atoms with Gasteiger partial charge in [0.1, 0.15) is 22.9 Å². The standard InChI is InChI=1S/2C17H16ClN5O4S.Co.Na/c2*1-10-16(17(25)23(22-10)12-5-3-4-11(18)8-12)21-20-14-9-13(6-7-15(14)24)28(26,27)19-2;;/h2*3-9,19,24-25H,1-2H3;;/q;;+3;+1. The van der Waals surface area contributed by atoms with E-state index in [-0.39, 0.29) is 102 Å². The third-order valence-corrected chi connectivity index (χ3v) is 11.0. The predicted molar refractivity (Wildman–Crippen MR) is 207 cm³/mol. The summed E-state index contributed by atoms with van der Waals surface area (Å²) < 4.78 is 54.5. The van der Waals surface area contributed by atoms with Crippen molar-refractivity contribution in [3.8, 4) is 34.6 Å². The fourth-order valence-corrected chi connectivity index (χ4v) is 6.64. The maximum Gasteiger partial charge on any atom is 3.00 e. The first-order chi connectivity index (χ1) is 26.4. The maximum absolute atomic E-state index is 11.9. The molecule has 0 aliphatic rings. The first kappa shape index (κ1) is 48.0. The van der Waals surface area contributed by atoms with Crippen molar-refractivity contribution in [2.24, 2.45) is 20.5 Å². The van der Waals surface area contributed by atoms with Crippen molar-refractivity contribution >= 4 is 66.0 Å². The Bertz CT molecular complexity index is 2550. The van der Waals surface area contributed by atoms with Crippen molar-refractivity contribution in [3.63, 3.8) is 0 Å². The number of nitrogens with one attached hydrogen (secondary N) is 2. The molecule has 0 amide bonds. The average Bonchev–Trinajstić information content (AvgIpc) is 3.62. The van der Waals surface area contributed by atoms with E-state index in [2.05, 4.69) is 40.1 Å². The number of benzene rings is 4. The van der Waals surface area contributed by atoms with Gasteiger partial charge in [-0.2, -0.15) is 19.6 Å². The molecule has 4 aromatic carbocycles. The molecule has 0 fully saturated rings. The average molecular weight is 926 g/mol. The fourth-order valence-electron chi connectivity index (χ4n) is 4.77. The number of rotatable bonds is 10. The Balaban J connectivity index is 0.000000300. The molecule has 2 heterocycles. The Morgan fingerprint density at radius 1 is 0.586 bits per heavy atom. The molecule has 298 valence electrons. The number of phenolic OH excluding ortho intramolecular Hbond substituents is 2. The summed E-state index contributed by atoms with van der Waals surface area (Å²) in [5.74, 6) is -1.08. The van der Waals surface area contributed by atoms with Crippen LogP contribution >= 0.6 is 23.2 Å². The topological polar surface area (TPSA) is 258 Å². The number of nitrogens with zero attached hydrogens (tertiary/aromatic N) is 8. The van der Waals surface area contributed by atoms with E-state index in [9.17, 15) is 37.3 Å². The van der Waals surface area contributed by atoms with E-state index in [1.54, 1.807) is 62.4 Å². The number of aromatic hydroxyl groups is 4. The third-order valence-electron chi connectivity index (χ3n) is 7.68. The van der Waals surface area contributed by atoms with Crippen molar-refractivity contribution in [3.05, 3.63) is 106 Å². The normalized spacial score (nSPS) is 11.6. The van der Waals surface area contributed by atoms with E-state index >= 15 is 0 Å². The smallest absolute Gasteiger partial charge is 0.506 e. The molecule has 0 bridgehead atoms. The van der Waals surface area contributed by atoms with Gasteiger partial charge in [-0.05, 0) is 101 Å². The van der Waals surface area contributed by atoms with Gasteiger partial charge in [0.05, 0.1) is 32.6 Å². The zero-order valence-electron chi connectivity index (χ0n) is 31.0. The molecule has 2 aromatic heterocycles. The van der Waals surface area contributed by atoms with Crippen LogP contribution in [0.3, 0.4) is 0 Å². The summed E-state index contributed by atoms with van der Waals surface area (Å²) in [4.78, 5) is -0.172. The molecule has 0 aliphatic carbocycles. The van der Waals surface area contributed by atoms with Crippen LogP contribution in [0, 0.1) is 13.8 Å². The quantitative estimate of drug-likeness (QED) is 0.0846. The minimum absolute atomic E-state index is 0. The summed E-state index contributed by atoms with van der Waals surface area (Å²) in [6, 6.07) is 20.6. The third kappa shape index (κ3) is 11.0. The second kappa shape index (κ2) is 20.0. The molecule has 0 aliphatic heterocycles. The first-order valence-corrected chi connectivity index (χ1v) is 19.6. The summed E-state index contributed by atoms with van der Waals surface area (Å²) in [5.41, 5.74) is 1.79. The van der Waals surface area contributed by atoms with Crippen LogP contribution in [0.15, 0.2) is 115 Å². The second-order valence-corrected chi connectivity index (χ2v) is 16.1. The van der Waals surface area contributed by atoms with Crippen LogP contribution in [-0.2, 0) is 36.8 Å². The van der Waals surface area contributed by atoms with Gasteiger partial charge in [-0.15, -0.1) is 20.5 Å². The van der Waals surface area contributed by atoms with Crippen molar-refractivity contribution in [2.45, 2.75) is 23.6 Å². The van der Waals surface area contributed by atoms with Crippen molar-refractivity contribution in [2.75, 3.05) is 14.1 Å². The molecule has 18 nitrogen and oxygen atoms in total. The number of aromatic nitrogens is 4. The Hall–Kier alpha value is -4.39. The molecular formula is C34H32Cl2CoN10NaO8S2+4. The number of sulfonamides is 2. The van der Waals surface area contributed by atoms with E-state index < -0.39 is 20.0 Å². The molecule has 0 unspecified atom stereocenters. The Labute approximate surface area is 374 Å². The van der Waals surface area contributed by atoms with Crippen LogP contribution in [0.5, 0.6) is 23.3 Å². The van der Waals surface area contributed by atoms with Gasteiger partial charge in [-0.25, -0.2) is 26.3 Å². The van der Waals surface area contributed by atoms with Gasteiger partial charge in [-0.3, -0.25) is 0 Å². The van der Waals surface area contributed by atoms with Crippen LogP contribution in [0.2, 0.25) is 10.0 Å². The Morgan fingerprint density at radius 3 is 1.28 bits per heavy atom. The Morgan fingerprint density at radius 2 is 0.948 bits per heavy atom. The largest absolute Gasteiger partial charge is 3.00 e. The number of azo groups is 2. The molecule has 24 heteroatoms. The van der Waals surface area contributed by atoms with Crippen LogP contribution < -0.4 is 39.0 Å². The summed E-state index contributed by atoms with van der Waals surface area (Å²) >= 11 is 11.9. The number of phenols is 2. The van der Waals surface area contributed by atoms with E-state index in [1.807, 2.05) is 0 Å². The van der Waals surface area contributed by atoms with Crippen molar-refractivity contribution in [1.29, 1.82) is 0 Å². The van der Waals surface area contributed by atoms with E-state index in [0.717, 1.165) is 0 Å². The fraction of sp³-hybridized carbons (Fsp3) is 0.118. The maximum atomic E-state index is 11.9. The summed E-state index contributed by atoms with van der Waals surface area (Å²) in [6.07, 6.45) is 0. The van der Waals surface area contributed by atoms with E-state index in [1.165, 1.54) is 59.9 Å². The van der Waals surface area contributed by atoms with Crippen molar-refractivity contribution < 1.29 is 83.6 Å². The van der Waals surface area contributed by atoms with Crippen LogP contribution in [0.1, 0.15) is 11.4 Å². The molecule has 6 rings (SSSR count). The molecule has 0 atom stereocenters. The number of hydrogen-bond donors (Lipinski definition) is 6. The minimum Gasteiger partial charge on any atom is -0.506 e. The monoisotopic (exact) mass is 924 g/mol. The summed E-state index contributed by atoms with van der Waals surface area (Å²) in [7, 11) is -4.88. The van der Waals surface area contributed by atoms with Gasteiger partial charge in [0, 0.05) is 10.0 Å². The molecule has 0 saturated heterocycles. The molecule has 0 spiro atoms. The summed E-state index contributed by atoms with van der Waals surface area (Å²) in [6.45, 7) is 3.24. The molecule has 0 saturated carbocycles. The number of halogens is 2. The van der Waals surface area contributed by atoms with Crippen molar-refractivity contribution in [1.82, 2.24) is 29.0 Å². The number of aryl methyl sites for hydroxylation is 2. The molecule has 6 aromatic rings. The van der Waals surface area contributed by atoms with Crippen LogP contribution in [0.4, 0.5) is 22.7 Å². The van der Waals surface area contributed by atoms with Gasteiger partial charge < -0.3 is 20.4 Å². The molecule has 58 heavy (non-hydrogen) atoms. The van der Waals surface area contributed by atoms with Crippen LogP contribution in [0.25, 0.3) is 11.4 Å². The first-order valence-electron chi connectivity index (χ1n) is 15.9. The molecular weight excluding hydrogens is 893 g/mol. The van der Waals surface area contributed by atoms with E-state index in [4.69, 9.17) is 23.2 Å². The predicted octanol–water partition coefficient (Wildman–Crippen LogP) is 4.14. The van der Waals surface area contributed by atoms with Gasteiger partial charge in [0.2, 0.25) is 31.8 Å². The molecule has 0 radical (unpaired) electrons. The minimum atomic E-state index is -3.71. The van der Waals surface area contributed by atoms with Gasteiger partial charge in [0.15, 0.2) is 11.4 Å². The second-order valence-electron chi connectivity index (χ2n) is 11.4. The molecule has 6 N–H and O–H groups in total. The Kier molecular flexibility index (Phi) is 16.6. The summed E-state index contributed by atoms with van der Waals surface area (Å²) in [5, 5.41) is 65.8. The van der Waals surface area contributed by atoms with E-state index in [0.29, 0.717) is 32.8 Å². The van der Waals surface area contributed by atoms with Gasteiger partial charge in [-0.1, -0.05) is 35.3 Å². The SMILES string of the molecule is CNS(=O)(=O)c1ccc(O)c(N=Nc2c(C)nn(-c3cccc(Cl)c3)c2O)c1.CNS(=O)(=O)c1ccc(O)c(N=Nc2c(C)nn(-c3cccc(Cl)c3)c2O)c1.[Co+3].[Na+]. The van der Waals surface area contributed by atoms with Gasteiger partial charge >= 0.3 is 46.3 Å². The zero-order chi connectivity index (χ0) is 40.9. The zero-order valence-corrected chi connectivity index (χ0v) is 37.2. The number of hydrogen-bond acceptors (Lipinski definition) is 14. The van der Waals surface area contributed by atoms with Gasteiger partial charge in [0.25, 0.3) is 0 Å². The van der Waals surface area contributed by atoms with Crippen LogP contribution in [-0.4, -0.2) is 70.9 Å².